The lowest BCUT2D eigenvalue weighted by Crippen LogP contribution is -2.16. The topological polar surface area (TPSA) is 38.9 Å². The van der Waals surface area contributed by atoms with Crippen LogP contribution in [-0.2, 0) is 6.42 Å². The number of aromatic nitrogens is 1. The number of nitrogens with zero attached hydrogens (tertiary/aromatic N) is 1. The highest BCUT2D eigenvalue weighted by Crippen LogP contribution is 2.36. The molecule has 0 saturated carbocycles. The number of hydrogen-bond acceptors (Lipinski definition) is 3. The predicted molar refractivity (Wildman–Crippen MR) is 75.1 cm³/mol. The van der Waals surface area contributed by atoms with E-state index in [-0.39, 0.29) is 6.04 Å². The van der Waals surface area contributed by atoms with Crippen molar-refractivity contribution in [2.24, 2.45) is 5.73 Å². The second kappa shape index (κ2) is 4.52. The average Bonchev–Trinajstić information content (AvgIpc) is 2.75. The first kappa shape index (κ1) is 11.4. The summed E-state index contributed by atoms with van der Waals surface area (Å²) in [5.74, 6) is 0. The van der Waals surface area contributed by atoms with E-state index in [1.165, 1.54) is 16.9 Å². The minimum atomic E-state index is 0.138. The van der Waals surface area contributed by atoms with Crippen LogP contribution in [0.25, 0.3) is 10.6 Å². The highest BCUT2D eigenvalue weighted by molar-refractivity contribution is 9.10. The molecular formula is C13H13BrN2S. The van der Waals surface area contributed by atoms with Crippen LogP contribution >= 0.6 is 27.3 Å². The SMILES string of the molecule is NC1CCCc2sc(-c3ccc(Br)cc3)nc21. The van der Waals surface area contributed by atoms with Crippen molar-refractivity contribution in [3.63, 3.8) is 0 Å². The maximum atomic E-state index is 6.10. The standard InChI is InChI=1S/C13H13BrN2S/c14-9-6-4-8(5-7-9)13-16-12-10(15)2-1-3-11(12)17-13/h4-7,10H,1-3,15H2. The van der Waals surface area contributed by atoms with Crippen molar-refractivity contribution in [2.75, 3.05) is 0 Å². The lowest BCUT2D eigenvalue weighted by atomic mass is 9.99. The maximum Gasteiger partial charge on any atom is 0.123 e. The summed E-state index contributed by atoms with van der Waals surface area (Å²) in [5.41, 5.74) is 8.40. The van der Waals surface area contributed by atoms with Gasteiger partial charge in [0.1, 0.15) is 5.01 Å². The fourth-order valence-corrected chi connectivity index (χ4v) is 3.61. The lowest BCUT2D eigenvalue weighted by molar-refractivity contribution is 0.564. The Morgan fingerprint density at radius 2 is 2.06 bits per heavy atom. The van der Waals surface area contributed by atoms with Crippen LogP contribution in [0.4, 0.5) is 0 Å². The highest BCUT2D eigenvalue weighted by atomic mass is 79.9. The van der Waals surface area contributed by atoms with Crippen molar-refractivity contribution in [1.29, 1.82) is 0 Å². The molecule has 1 aliphatic rings. The summed E-state index contributed by atoms with van der Waals surface area (Å²) in [6, 6.07) is 8.43. The first-order valence-corrected chi connectivity index (χ1v) is 7.36. The van der Waals surface area contributed by atoms with E-state index in [1.54, 1.807) is 11.3 Å². The van der Waals surface area contributed by atoms with E-state index < -0.39 is 0 Å². The smallest absolute Gasteiger partial charge is 0.123 e. The molecule has 3 rings (SSSR count). The van der Waals surface area contributed by atoms with Gasteiger partial charge in [-0.25, -0.2) is 4.98 Å². The number of fused-ring (bicyclic) bond motifs is 1. The number of benzene rings is 1. The van der Waals surface area contributed by atoms with Crippen LogP contribution in [0, 0.1) is 0 Å². The van der Waals surface area contributed by atoms with Crippen molar-refractivity contribution in [2.45, 2.75) is 25.3 Å². The van der Waals surface area contributed by atoms with Crippen LogP contribution in [0.1, 0.15) is 29.5 Å². The Morgan fingerprint density at radius 3 is 2.76 bits per heavy atom. The zero-order chi connectivity index (χ0) is 11.8. The summed E-state index contributed by atoms with van der Waals surface area (Å²) in [4.78, 5) is 6.09. The van der Waals surface area contributed by atoms with Gasteiger partial charge < -0.3 is 5.73 Å². The van der Waals surface area contributed by atoms with Gasteiger partial charge in [-0.1, -0.05) is 28.1 Å². The van der Waals surface area contributed by atoms with Crippen molar-refractivity contribution in [1.82, 2.24) is 4.98 Å². The number of aryl methyl sites for hydroxylation is 1. The first-order chi connectivity index (χ1) is 8.24. The minimum absolute atomic E-state index is 0.138. The summed E-state index contributed by atoms with van der Waals surface area (Å²) in [6.07, 6.45) is 3.39. The Hall–Kier alpha value is -0.710. The van der Waals surface area contributed by atoms with E-state index >= 15 is 0 Å². The lowest BCUT2D eigenvalue weighted by Gasteiger charge is -2.15. The zero-order valence-electron chi connectivity index (χ0n) is 9.32. The van der Waals surface area contributed by atoms with Crippen molar-refractivity contribution < 1.29 is 0 Å². The number of rotatable bonds is 1. The Balaban J connectivity index is 2.02. The van der Waals surface area contributed by atoms with E-state index in [4.69, 9.17) is 10.7 Å². The summed E-state index contributed by atoms with van der Waals surface area (Å²) in [5, 5.41) is 1.10. The van der Waals surface area contributed by atoms with E-state index in [1.807, 2.05) is 0 Å². The normalized spacial score (nSPS) is 19.1. The average molecular weight is 309 g/mol. The molecule has 1 atom stereocenters. The second-order valence-electron chi connectivity index (χ2n) is 4.33. The zero-order valence-corrected chi connectivity index (χ0v) is 11.7. The largest absolute Gasteiger partial charge is 0.323 e. The molecule has 0 bridgehead atoms. The third-order valence-corrected chi connectivity index (χ3v) is 4.80. The van der Waals surface area contributed by atoms with Gasteiger partial charge in [0.2, 0.25) is 0 Å². The number of thiazole rings is 1. The molecule has 1 unspecified atom stereocenters. The Labute approximate surface area is 113 Å². The molecule has 88 valence electrons. The molecule has 1 aliphatic carbocycles. The maximum absolute atomic E-state index is 6.10. The molecule has 0 amide bonds. The van der Waals surface area contributed by atoms with Crippen LogP contribution < -0.4 is 5.73 Å². The number of halogens is 1. The summed E-state index contributed by atoms with van der Waals surface area (Å²) in [7, 11) is 0. The van der Waals surface area contributed by atoms with Gasteiger partial charge in [-0.15, -0.1) is 11.3 Å². The van der Waals surface area contributed by atoms with Crippen LogP contribution in [0.5, 0.6) is 0 Å². The third-order valence-electron chi connectivity index (χ3n) is 3.09. The number of nitrogens with two attached hydrogens (primary N) is 1. The molecule has 1 heterocycles. The molecule has 0 fully saturated rings. The quantitative estimate of drug-likeness (QED) is 0.867. The van der Waals surface area contributed by atoms with Crippen LogP contribution in [-0.4, -0.2) is 4.98 Å². The fourth-order valence-electron chi connectivity index (χ4n) is 2.17. The molecule has 0 spiro atoms. The third kappa shape index (κ3) is 2.17. The van der Waals surface area contributed by atoms with Crippen molar-refractivity contribution in [3.8, 4) is 10.6 Å². The van der Waals surface area contributed by atoms with Gasteiger partial charge in [0, 0.05) is 21.0 Å². The molecule has 4 heteroatoms. The van der Waals surface area contributed by atoms with Crippen LogP contribution in [0.15, 0.2) is 28.7 Å². The van der Waals surface area contributed by atoms with Gasteiger partial charge in [0.05, 0.1) is 5.69 Å². The molecule has 1 aromatic carbocycles. The highest BCUT2D eigenvalue weighted by Gasteiger charge is 2.21. The summed E-state index contributed by atoms with van der Waals surface area (Å²) >= 11 is 5.24. The number of hydrogen-bond donors (Lipinski definition) is 1. The Bertz CT molecular complexity index is 533. The van der Waals surface area contributed by atoms with Gasteiger partial charge in [0.25, 0.3) is 0 Å². The molecule has 0 saturated heterocycles. The van der Waals surface area contributed by atoms with Gasteiger partial charge in [0.15, 0.2) is 0 Å². The van der Waals surface area contributed by atoms with E-state index in [2.05, 4.69) is 40.2 Å². The fraction of sp³-hybridized carbons (Fsp3) is 0.308. The summed E-state index contributed by atoms with van der Waals surface area (Å²) in [6.45, 7) is 0. The molecule has 0 radical (unpaired) electrons. The van der Waals surface area contributed by atoms with Crippen LogP contribution in [0.2, 0.25) is 0 Å². The van der Waals surface area contributed by atoms with Crippen molar-refractivity contribution >= 4 is 27.3 Å². The summed E-state index contributed by atoms with van der Waals surface area (Å²) < 4.78 is 1.10. The van der Waals surface area contributed by atoms with Gasteiger partial charge in [-0.05, 0) is 31.4 Å². The molecule has 0 aliphatic heterocycles. The van der Waals surface area contributed by atoms with Crippen molar-refractivity contribution in [3.05, 3.63) is 39.3 Å². The Morgan fingerprint density at radius 1 is 1.29 bits per heavy atom. The second-order valence-corrected chi connectivity index (χ2v) is 6.33. The first-order valence-electron chi connectivity index (χ1n) is 5.75. The Kier molecular flexibility index (Phi) is 3.03. The van der Waals surface area contributed by atoms with E-state index in [9.17, 15) is 0 Å². The molecular weight excluding hydrogens is 296 g/mol. The minimum Gasteiger partial charge on any atom is -0.323 e. The monoisotopic (exact) mass is 308 g/mol. The van der Waals surface area contributed by atoms with Gasteiger partial charge in [-0.2, -0.15) is 0 Å². The molecule has 2 N–H and O–H groups in total. The molecule has 1 aromatic heterocycles. The predicted octanol–water partition coefficient (Wildman–Crippen LogP) is 3.91. The van der Waals surface area contributed by atoms with E-state index in [0.29, 0.717) is 0 Å². The van der Waals surface area contributed by atoms with Gasteiger partial charge in [-0.3, -0.25) is 0 Å². The van der Waals surface area contributed by atoms with E-state index in [0.717, 1.165) is 28.0 Å². The van der Waals surface area contributed by atoms with Crippen LogP contribution in [0.3, 0.4) is 0 Å². The molecule has 2 aromatic rings. The molecule has 2 nitrogen and oxygen atoms in total. The molecule has 17 heavy (non-hydrogen) atoms. The van der Waals surface area contributed by atoms with Gasteiger partial charge >= 0.3 is 0 Å².